The van der Waals surface area contributed by atoms with Crippen LogP contribution in [0.15, 0.2) is 59.3 Å². The van der Waals surface area contributed by atoms with E-state index in [1.165, 1.54) is 12.3 Å². The fraction of sp³-hybridized carbons (Fsp3) is 0.261. The van der Waals surface area contributed by atoms with Gasteiger partial charge in [0.25, 0.3) is 0 Å². The number of hydrogen-bond donors (Lipinski definition) is 1. The van der Waals surface area contributed by atoms with Crippen molar-refractivity contribution in [2.75, 3.05) is 31.5 Å². The Labute approximate surface area is 193 Å². The molecule has 0 unspecified atom stereocenters. The number of piperazine rings is 1. The summed E-state index contributed by atoms with van der Waals surface area (Å²) in [6, 6.07) is 13.2. The number of amides is 2. The molecule has 0 bridgehead atoms. The zero-order chi connectivity index (χ0) is 24.1. The van der Waals surface area contributed by atoms with Gasteiger partial charge in [-0.3, -0.25) is 10.2 Å². The quantitative estimate of drug-likeness (QED) is 0.579. The minimum Gasteiger partial charge on any atom is -0.457 e. The molecule has 0 spiro atoms. The van der Waals surface area contributed by atoms with Crippen molar-refractivity contribution in [2.45, 2.75) is 12.7 Å². The lowest BCUT2D eigenvalue weighted by Gasteiger charge is -2.34. The van der Waals surface area contributed by atoms with Gasteiger partial charge in [-0.05, 0) is 35.9 Å². The predicted octanol–water partition coefficient (Wildman–Crippen LogP) is 4.71. The van der Waals surface area contributed by atoms with Crippen LogP contribution in [0.25, 0.3) is 0 Å². The fourth-order valence-corrected chi connectivity index (χ4v) is 3.60. The Hall–Kier alpha value is -4.04. The third-order valence-corrected chi connectivity index (χ3v) is 5.29. The van der Waals surface area contributed by atoms with Crippen LogP contribution in [-0.2, 0) is 12.7 Å². The highest BCUT2D eigenvalue weighted by molar-refractivity contribution is 5.88. The van der Waals surface area contributed by atoms with E-state index >= 15 is 0 Å². The Morgan fingerprint density at radius 1 is 1.12 bits per heavy atom. The Morgan fingerprint density at radius 3 is 2.56 bits per heavy atom. The molecule has 34 heavy (non-hydrogen) atoms. The van der Waals surface area contributed by atoms with Crippen LogP contribution in [0.4, 0.5) is 23.8 Å². The predicted molar refractivity (Wildman–Crippen MR) is 115 cm³/mol. The second-order valence-corrected chi connectivity index (χ2v) is 7.64. The zero-order valence-electron chi connectivity index (χ0n) is 17.9. The molecule has 3 aromatic rings. The molecule has 176 valence electrons. The highest BCUT2D eigenvalue weighted by Gasteiger charge is 2.34. The summed E-state index contributed by atoms with van der Waals surface area (Å²) in [4.78, 5) is 16.1. The maximum atomic E-state index is 13.2. The summed E-state index contributed by atoms with van der Waals surface area (Å²) in [5.41, 5.74) is -0.570. The van der Waals surface area contributed by atoms with E-state index in [0.717, 1.165) is 17.7 Å². The van der Waals surface area contributed by atoms with Crippen molar-refractivity contribution < 1.29 is 27.2 Å². The highest BCUT2D eigenvalue weighted by Crippen LogP contribution is 2.35. The van der Waals surface area contributed by atoms with Crippen LogP contribution < -0.4 is 10.1 Å². The normalized spacial score (nSPS) is 14.5. The molecule has 4 rings (SSSR count). The third-order valence-electron chi connectivity index (χ3n) is 5.29. The lowest BCUT2D eigenvalue weighted by Crippen LogP contribution is -2.49. The number of aromatic nitrogens is 1. The van der Waals surface area contributed by atoms with Crippen LogP contribution in [0.3, 0.4) is 0 Å². The molecule has 1 fully saturated rings. The molecular weight excluding hydrogens is 451 g/mol. The van der Waals surface area contributed by atoms with Crippen molar-refractivity contribution in [3.63, 3.8) is 0 Å². The summed E-state index contributed by atoms with van der Waals surface area (Å²) in [7, 11) is 0. The van der Waals surface area contributed by atoms with E-state index in [9.17, 15) is 18.0 Å². The second-order valence-electron chi connectivity index (χ2n) is 7.64. The van der Waals surface area contributed by atoms with Gasteiger partial charge in [-0.15, -0.1) is 0 Å². The number of benzene rings is 2. The van der Waals surface area contributed by atoms with Crippen LogP contribution >= 0.6 is 0 Å². The van der Waals surface area contributed by atoms with Gasteiger partial charge in [0.1, 0.15) is 17.8 Å². The zero-order valence-corrected chi connectivity index (χ0v) is 17.9. The van der Waals surface area contributed by atoms with Crippen molar-refractivity contribution >= 4 is 11.8 Å². The van der Waals surface area contributed by atoms with Gasteiger partial charge in [0.2, 0.25) is 0 Å². The average Bonchev–Trinajstić information content (AvgIpc) is 3.32. The topological polar surface area (TPSA) is 94.6 Å². The molecule has 1 N–H and O–H groups in total. The van der Waals surface area contributed by atoms with Gasteiger partial charge in [-0.1, -0.05) is 17.3 Å². The number of halogens is 3. The molecule has 1 aliphatic rings. The van der Waals surface area contributed by atoms with E-state index in [0.29, 0.717) is 44.3 Å². The fourth-order valence-electron chi connectivity index (χ4n) is 3.60. The highest BCUT2D eigenvalue weighted by atomic mass is 19.4. The molecule has 1 aliphatic heterocycles. The number of alkyl halides is 3. The largest absolute Gasteiger partial charge is 0.457 e. The van der Waals surface area contributed by atoms with Gasteiger partial charge >= 0.3 is 12.2 Å². The number of urea groups is 1. The lowest BCUT2D eigenvalue weighted by atomic mass is 10.1. The molecular formula is C23H20F3N5O3. The first kappa shape index (κ1) is 23.1. The van der Waals surface area contributed by atoms with E-state index in [4.69, 9.17) is 14.5 Å². The van der Waals surface area contributed by atoms with E-state index in [1.54, 1.807) is 35.2 Å². The molecule has 2 heterocycles. The number of nitriles is 1. The van der Waals surface area contributed by atoms with E-state index in [-0.39, 0.29) is 11.8 Å². The number of anilines is 1. The molecule has 2 amide bonds. The van der Waals surface area contributed by atoms with E-state index in [2.05, 4.69) is 15.4 Å². The first-order valence-corrected chi connectivity index (χ1v) is 10.4. The van der Waals surface area contributed by atoms with Gasteiger partial charge < -0.3 is 14.2 Å². The van der Waals surface area contributed by atoms with Gasteiger partial charge in [0.15, 0.2) is 5.82 Å². The van der Waals surface area contributed by atoms with Crippen LogP contribution in [0.1, 0.15) is 16.7 Å². The lowest BCUT2D eigenvalue weighted by molar-refractivity contribution is -0.137. The van der Waals surface area contributed by atoms with Crippen LogP contribution in [-0.4, -0.2) is 47.2 Å². The van der Waals surface area contributed by atoms with E-state index in [1.807, 2.05) is 6.07 Å². The van der Waals surface area contributed by atoms with Crippen LogP contribution in [0, 0.1) is 11.3 Å². The number of ether oxygens (including phenoxy) is 1. The summed E-state index contributed by atoms with van der Waals surface area (Å²) in [5, 5.41) is 15.3. The minimum absolute atomic E-state index is 0.00443. The van der Waals surface area contributed by atoms with Crippen molar-refractivity contribution in [2.24, 2.45) is 0 Å². The monoisotopic (exact) mass is 471 g/mol. The first-order valence-electron chi connectivity index (χ1n) is 10.4. The third kappa shape index (κ3) is 5.65. The molecule has 2 aromatic carbocycles. The Kier molecular flexibility index (Phi) is 6.70. The van der Waals surface area contributed by atoms with Crippen molar-refractivity contribution in [1.29, 1.82) is 5.26 Å². The average molecular weight is 471 g/mol. The van der Waals surface area contributed by atoms with Crippen molar-refractivity contribution in [3.8, 4) is 17.6 Å². The Bertz CT molecular complexity index is 1180. The van der Waals surface area contributed by atoms with Gasteiger partial charge in [0, 0.05) is 38.8 Å². The standard InChI is InChI=1S/C23H20F3N5O3/c24-23(25,26)20-13-19(5-4-17(20)14-27)34-18-3-1-2-16(12-18)15-30-7-9-31(10-8-30)22(32)28-21-6-11-33-29-21/h1-6,11-13H,7-10,15H2,(H,28,29,32). The number of nitrogens with one attached hydrogen (secondary N) is 1. The first-order chi connectivity index (χ1) is 16.3. The minimum atomic E-state index is -4.65. The maximum absolute atomic E-state index is 13.2. The number of nitrogens with zero attached hydrogens (tertiary/aromatic N) is 4. The molecule has 0 atom stereocenters. The SMILES string of the molecule is N#Cc1ccc(Oc2cccc(CN3CCN(C(=O)Nc4ccon4)CC3)c2)cc1C(F)(F)F. The molecule has 1 aromatic heterocycles. The molecule has 11 heteroatoms. The second kappa shape index (κ2) is 9.84. The number of rotatable bonds is 5. The molecule has 0 radical (unpaired) electrons. The number of carbonyl (C=O) groups is 1. The Morgan fingerprint density at radius 2 is 1.88 bits per heavy atom. The van der Waals surface area contributed by atoms with Crippen molar-refractivity contribution in [3.05, 3.63) is 71.5 Å². The van der Waals surface area contributed by atoms with Gasteiger partial charge in [0.05, 0.1) is 17.2 Å². The molecule has 8 nitrogen and oxygen atoms in total. The van der Waals surface area contributed by atoms with Crippen molar-refractivity contribution in [1.82, 2.24) is 15.0 Å². The summed E-state index contributed by atoms with van der Waals surface area (Å²) in [6.07, 6.45) is -3.28. The smallest absolute Gasteiger partial charge is 0.417 e. The molecule has 0 saturated carbocycles. The molecule has 0 aliphatic carbocycles. The van der Waals surface area contributed by atoms with Gasteiger partial charge in [-0.2, -0.15) is 18.4 Å². The summed E-state index contributed by atoms with van der Waals surface area (Å²) < 4.78 is 49.9. The van der Waals surface area contributed by atoms with Crippen LogP contribution in [0.5, 0.6) is 11.5 Å². The van der Waals surface area contributed by atoms with Gasteiger partial charge in [-0.25, -0.2) is 4.79 Å². The number of hydrogen-bond acceptors (Lipinski definition) is 6. The van der Waals surface area contributed by atoms with Crippen LogP contribution in [0.2, 0.25) is 0 Å². The Balaban J connectivity index is 1.35. The van der Waals surface area contributed by atoms with E-state index < -0.39 is 17.3 Å². The summed E-state index contributed by atoms with van der Waals surface area (Å²) >= 11 is 0. The summed E-state index contributed by atoms with van der Waals surface area (Å²) in [5.74, 6) is 0.741. The number of carbonyl (C=O) groups excluding carboxylic acids is 1. The summed E-state index contributed by atoms with van der Waals surface area (Å²) in [6.45, 7) is 2.97. The maximum Gasteiger partial charge on any atom is 0.417 e. The molecule has 1 saturated heterocycles.